The quantitative estimate of drug-likeness (QED) is 0.0882. The zero-order valence-corrected chi connectivity index (χ0v) is 21.3. The van der Waals surface area contributed by atoms with Gasteiger partial charge in [-0.2, -0.15) is 0 Å². The van der Waals surface area contributed by atoms with Crippen LogP contribution in [0.3, 0.4) is 0 Å². The van der Waals surface area contributed by atoms with Gasteiger partial charge in [0, 0.05) is 13.3 Å². The standard InChI is InChI=1S/C21H35N5O12/c1-8(19(34)26-12(18(22)33)5-6-14(31)23-9(2)20(35)36)24-21(37)38-17(16(32)13(30)7-27)15(10(3)28)25-11(4)29/h8-9,12-13,15-17,27,30,32H,5-7H2,1-4H3,(H2,22,33)(H,23,31)(H,24,37)(H,25,29)(H,26,34)(H,35,36)/t8?,9?,12?,13-,15+,16-,17-/m1/s1. The molecule has 7 atom stereocenters. The second-order valence-corrected chi connectivity index (χ2v) is 8.39. The van der Waals surface area contributed by atoms with E-state index in [4.69, 9.17) is 20.7 Å². The Labute approximate surface area is 217 Å². The number of carboxylic acids is 1. The molecular formula is C21H35N5O12. The number of nitrogens with one attached hydrogen (secondary N) is 4. The number of carboxylic acid groups (broad SMARTS) is 1. The predicted octanol–water partition coefficient (Wildman–Crippen LogP) is -4.38. The lowest BCUT2D eigenvalue weighted by molar-refractivity contribution is -0.141. The fourth-order valence-electron chi connectivity index (χ4n) is 2.93. The summed E-state index contributed by atoms with van der Waals surface area (Å²) in [5.41, 5.74) is 5.23. The summed E-state index contributed by atoms with van der Waals surface area (Å²) in [5, 5.41) is 46.5. The van der Waals surface area contributed by atoms with E-state index < -0.39 is 90.6 Å². The van der Waals surface area contributed by atoms with Gasteiger partial charge in [0.2, 0.25) is 23.6 Å². The Kier molecular flexibility index (Phi) is 14.5. The number of aliphatic hydroxyl groups is 3. The minimum atomic E-state index is -2.02. The Balaban J connectivity index is 5.32. The van der Waals surface area contributed by atoms with Crippen LogP contribution in [-0.2, 0) is 33.5 Å². The maximum Gasteiger partial charge on any atom is 0.408 e. The Morgan fingerprint density at radius 1 is 0.895 bits per heavy atom. The lowest BCUT2D eigenvalue weighted by Gasteiger charge is -2.31. The van der Waals surface area contributed by atoms with Crippen molar-refractivity contribution in [3.63, 3.8) is 0 Å². The molecule has 0 rings (SSSR count). The van der Waals surface area contributed by atoms with Crippen LogP contribution in [0.5, 0.6) is 0 Å². The number of ketones is 1. The molecule has 0 heterocycles. The second-order valence-electron chi connectivity index (χ2n) is 8.39. The van der Waals surface area contributed by atoms with Gasteiger partial charge < -0.3 is 52.2 Å². The van der Waals surface area contributed by atoms with E-state index in [0.717, 1.165) is 13.8 Å². The van der Waals surface area contributed by atoms with E-state index in [-0.39, 0.29) is 12.8 Å². The maximum atomic E-state index is 12.5. The molecule has 38 heavy (non-hydrogen) atoms. The summed E-state index contributed by atoms with van der Waals surface area (Å²) in [4.78, 5) is 82.6. The Morgan fingerprint density at radius 3 is 1.92 bits per heavy atom. The summed E-state index contributed by atoms with van der Waals surface area (Å²) in [6.45, 7) is 3.46. The average Bonchev–Trinajstić information content (AvgIpc) is 2.81. The molecule has 3 unspecified atom stereocenters. The van der Waals surface area contributed by atoms with Gasteiger partial charge >= 0.3 is 12.1 Å². The average molecular weight is 550 g/mol. The van der Waals surface area contributed by atoms with Gasteiger partial charge in [-0.05, 0) is 27.2 Å². The van der Waals surface area contributed by atoms with Crippen LogP contribution in [0.4, 0.5) is 4.79 Å². The lowest BCUT2D eigenvalue weighted by atomic mass is 9.98. The number of amides is 5. The molecular weight excluding hydrogens is 514 g/mol. The highest BCUT2D eigenvalue weighted by Gasteiger charge is 2.39. The summed E-state index contributed by atoms with van der Waals surface area (Å²) >= 11 is 0. The molecule has 0 aliphatic rings. The Morgan fingerprint density at radius 2 is 1.47 bits per heavy atom. The minimum Gasteiger partial charge on any atom is -0.480 e. The lowest BCUT2D eigenvalue weighted by Crippen LogP contribution is -2.58. The van der Waals surface area contributed by atoms with Crippen LogP contribution in [-0.4, -0.2) is 111 Å². The molecule has 0 spiro atoms. The van der Waals surface area contributed by atoms with E-state index in [1.54, 1.807) is 0 Å². The van der Waals surface area contributed by atoms with E-state index in [0.29, 0.717) is 0 Å². The molecule has 0 aromatic carbocycles. The highest BCUT2D eigenvalue weighted by atomic mass is 16.6. The molecule has 216 valence electrons. The summed E-state index contributed by atoms with van der Waals surface area (Å²) in [6.07, 6.45) is -7.80. The number of rotatable bonds is 16. The molecule has 0 aromatic heterocycles. The van der Waals surface area contributed by atoms with Crippen LogP contribution in [0.25, 0.3) is 0 Å². The number of ether oxygens (including phenoxy) is 1. The van der Waals surface area contributed by atoms with Crippen molar-refractivity contribution in [1.29, 1.82) is 0 Å². The Bertz CT molecular complexity index is 898. The Hall–Kier alpha value is -3.83. The van der Waals surface area contributed by atoms with Crippen molar-refractivity contribution in [3.8, 4) is 0 Å². The first-order valence-electron chi connectivity index (χ1n) is 11.3. The van der Waals surface area contributed by atoms with Gasteiger partial charge in [0.1, 0.15) is 36.4 Å². The van der Waals surface area contributed by atoms with Crippen LogP contribution < -0.4 is 27.0 Å². The summed E-state index contributed by atoms with van der Waals surface area (Å²) < 4.78 is 4.99. The molecule has 0 saturated heterocycles. The molecule has 17 heteroatoms. The fraction of sp³-hybridized carbons (Fsp3) is 0.667. The molecule has 0 fully saturated rings. The number of nitrogens with two attached hydrogens (primary N) is 1. The van der Waals surface area contributed by atoms with E-state index in [9.17, 15) is 43.8 Å². The molecule has 17 nitrogen and oxygen atoms in total. The van der Waals surface area contributed by atoms with Crippen molar-refractivity contribution in [2.45, 2.75) is 83.0 Å². The summed E-state index contributed by atoms with van der Waals surface area (Å²) in [5.74, 6) is -5.47. The first-order chi connectivity index (χ1) is 17.5. The van der Waals surface area contributed by atoms with E-state index in [1.165, 1.54) is 13.8 Å². The van der Waals surface area contributed by atoms with E-state index in [1.807, 2.05) is 0 Å². The zero-order chi connectivity index (χ0) is 29.7. The molecule has 0 bridgehead atoms. The number of carbonyl (C=O) groups is 7. The number of Topliss-reactive ketones (excluding diaryl/α,β-unsaturated/α-hetero) is 1. The first kappa shape index (κ1) is 34.2. The zero-order valence-electron chi connectivity index (χ0n) is 21.3. The second kappa shape index (κ2) is 16.1. The van der Waals surface area contributed by atoms with Crippen LogP contribution in [0.2, 0.25) is 0 Å². The monoisotopic (exact) mass is 549 g/mol. The molecule has 0 aliphatic heterocycles. The van der Waals surface area contributed by atoms with Gasteiger partial charge in [0.05, 0.1) is 6.61 Å². The fourth-order valence-corrected chi connectivity index (χ4v) is 2.93. The maximum absolute atomic E-state index is 12.5. The van der Waals surface area contributed by atoms with E-state index >= 15 is 0 Å². The van der Waals surface area contributed by atoms with Crippen LogP contribution in [0.1, 0.15) is 40.5 Å². The van der Waals surface area contributed by atoms with Gasteiger partial charge in [-0.15, -0.1) is 0 Å². The van der Waals surface area contributed by atoms with Crippen molar-refractivity contribution < 1.29 is 58.7 Å². The molecule has 0 radical (unpaired) electrons. The van der Waals surface area contributed by atoms with Crippen LogP contribution in [0, 0.1) is 0 Å². The third-order valence-electron chi connectivity index (χ3n) is 5.08. The number of carbonyl (C=O) groups excluding carboxylic acids is 6. The van der Waals surface area contributed by atoms with Crippen molar-refractivity contribution >= 4 is 41.5 Å². The van der Waals surface area contributed by atoms with Crippen molar-refractivity contribution in [2.75, 3.05) is 6.61 Å². The van der Waals surface area contributed by atoms with Crippen molar-refractivity contribution in [2.24, 2.45) is 5.73 Å². The molecule has 0 saturated carbocycles. The predicted molar refractivity (Wildman–Crippen MR) is 126 cm³/mol. The van der Waals surface area contributed by atoms with Gasteiger partial charge in [-0.25, -0.2) is 4.79 Å². The number of alkyl carbamates (subject to hydrolysis) is 1. The number of hydrogen-bond acceptors (Lipinski definition) is 11. The minimum absolute atomic E-state index is 0.291. The number of aliphatic hydroxyl groups excluding tert-OH is 3. The third kappa shape index (κ3) is 11.9. The van der Waals surface area contributed by atoms with Gasteiger partial charge in [0.15, 0.2) is 11.9 Å². The highest BCUT2D eigenvalue weighted by Crippen LogP contribution is 2.12. The normalized spacial score (nSPS) is 16.3. The van der Waals surface area contributed by atoms with E-state index in [2.05, 4.69) is 21.3 Å². The SMILES string of the molecule is CC(=O)N[C@@H](C(C)=O)[C@@H](OC(=O)NC(C)C(=O)NC(CCC(=O)NC(C)C(=O)O)C(N)=O)[C@H](O)[C@H](O)CO. The largest absolute Gasteiger partial charge is 0.480 e. The molecule has 5 amide bonds. The van der Waals surface area contributed by atoms with Crippen molar-refractivity contribution in [1.82, 2.24) is 21.3 Å². The highest BCUT2D eigenvalue weighted by molar-refractivity contribution is 5.91. The van der Waals surface area contributed by atoms with Crippen molar-refractivity contribution in [3.05, 3.63) is 0 Å². The summed E-state index contributed by atoms with van der Waals surface area (Å²) in [7, 11) is 0. The topological polar surface area (TPSA) is 284 Å². The summed E-state index contributed by atoms with van der Waals surface area (Å²) in [6, 6.07) is -5.58. The molecule has 0 aromatic rings. The number of hydrogen-bond donors (Lipinski definition) is 9. The van der Waals surface area contributed by atoms with Crippen LogP contribution >= 0.6 is 0 Å². The third-order valence-corrected chi connectivity index (χ3v) is 5.08. The van der Waals surface area contributed by atoms with Gasteiger partial charge in [-0.3, -0.25) is 28.8 Å². The van der Waals surface area contributed by atoms with Crippen LogP contribution in [0.15, 0.2) is 0 Å². The smallest absolute Gasteiger partial charge is 0.408 e. The molecule has 10 N–H and O–H groups in total. The van der Waals surface area contributed by atoms with Gasteiger partial charge in [-0.1, -0.05) is 0 Å². The van der Waals surface area contributed by atoms with Gasteiger partial charge in [0.25, 0.3) is 0 Å². The molecule has 0 aliphatic carbocycles. The first-order valence-corrected chi connectivity index (χ1v) is 11.3. The number of primary amides is 1. The number of aliphatic carboxylic acids is 1.